The fraction of sp³-hybridized carbons (Fsp3) is 0.150. The number of carbonyl (C=O) groups is 1. The molecule has 0 radical (unpaired) electrons. The van der Waals surface area contributed by atoms with Crippen molar-refractivity contribution in [3.05, 3.63) is 78.1 Å². The number of carboxylic acids is 1. The minimum atomic E-state index is -1.34. The highest BCUT2D eigenvalue weighted by atomic mass is 32.2. The molecule has 0 spiro atoms. The zero-order valence-corrected chi connectivity index (χ0v) is 14.5. The first-order valence-corrected chi connectivity index (χ1v) is 8.91. The topological polar surface area (TPSA) is 57.5 Å². The summed E-state index contributed by atoms with van der Waals surface area (Å²) < 4.78 is 12.2. The Hall–Kier alpha value is -2.37. The van der Waals surface area contributed by atoms with Crippen LogP contribution in [0.5, 0.6) is 0 Å². The summed E-state index contributed by atoms with van der Waals surface area (Å²) in [5, 5.41) is 20.0. The summed E-state index contributed by atoms with van der Waals surface area (Å²) in [4.78, 5) is 11.7. The summed E-state index contributed by atoms with van der Waals surface area (Å²) in [5.74, 6) is -1.36. The first-order valence-electron chi connectivity index (χ1n) is 7.68. The lowest BCUT2D eigenvalue weighted by Crippen LogP contribution is -2.22. The van der Waals surface area contributed by atoms with E-state index in [1.807, 2.05) is 48.7 Å². The molecule has 0 aromatic heterocycles. The second kappa shape index (κ2) is 9.20. The molecule has 0 saturated carbocycles. The van der Waals surface area contributed by atoms with Crippen molar-refractivity contribution >= 4 is 28.5 Å². The van der Waals surface area contributed by atoms with Crippen LogP contribution < -0.4 is 0 Å². The summed E-state index contributed by atoms with van der Waals surface area (Å²) in [6.45, 7) is 0. The standard InChI is InChI=1S/C13H12O3.C7H7FS/c14-12(13(15)16)8-10-6-3-5-9-4-1-2-7-11(9)10;1-9-7-4-2-6(8)3-5-7/h1-7,12,14H,8H2,(H,15,16);2-5H,1H3. The molecule has 0 heterocycles. The smallest absolute Gasteiger partial charge is 0.332 e. The molecule has 0 fully saturated rings. The number of aliphatic carboxylic acids is 1. The van der Waals surface area contributed by atoms with Crippen molar-refractivity contribution in [3.8, 4) is 0 Å². The highest BCUT2D eigenvalue weighted by molar-refractivity contribution is 7.98. The van der Waals surface area contributed by atoms with Gasteiger partial charge in [0.2, 0.25) is 0 Å². The molecular weight excluding hydrogens is 339 g/mol. The van der Waals surface area contributed by atoms with E-state index in [1.165, 1.54) is 12.1 Å². The van der Waals surface area contributed by atoms with Crippen LogP contribution in [0.3, 0.4) is 0 Å². The lowest BCUT2D eigenvalue weighted by molar-refractivity contribution is -0.146. The monoisotopic (exact) mass is 358 g/mol. The van der Waals surface area contributed by atoms with E-state index >= 15 is 0 Å². The molecule has 0 bridgehead atoms. The summed E-state index contributed by atoms with van der Waals surface area (Å²) >= 11 is 1.61. The van der Waals surface area contributed by atoms with Gasteiger partial charge in [-0.05, 0) is 46.9 Å². The van der Waals surface area contributed by atoms with E-state index in [1.54, 1.807) is 23.9 Å². The molecule has 0 saturated heterocycles. The molecule has 3 rings (SSSR count). The van der Waals surface area contributed by atoms with Gasteiger partial charge in [-0.2, -0.15) is 0 Å². The van der Waals surface area contributed by atoms with E-state index in [0.717, 1.165) is 21.2 Å². The lowest BCUT2D eigenvalue weighted by atomic mass is 10.00. The molecule has 3 nitrogen and oxygen atoms in total. The second-order valence-electron chi connectivity index (χ2n) is 5.35. The maximum absolute atomic E-state index is 12.2. The summed E-state index contributed by atoms with van der Waals surface area (Å²) in [5.41, 5.74) is 0.855. The SMILES string of the molecule is CSc1ccc(F)cc1.O=C(O)C(O)Cc1cccc2ccccc12. The van der Waals surface area contributed by atoms with Crippen molar-refractivity contribution in [3.63, 3.8) is 0 Å². The van der Waals surface area contributed by atoms with Crippen LogP contribution >= 0.6 is 11.8 Å². The maximum Gasteiger partial charge on any atom is 0.332 e. The number of fused-ring (bicyclic) bond motifs is 1. The second-order valence-corrected chi connectivity index (χ2v) is 6.23. The first kappa shape index (κ1) is 19.0. The third-order valence-electron chi connectivity index (χ3n) is 3.63. The van der Waals surface area contributed by atoms with Gasteiger partial charge < -0.3 is 10.2 Å². The number of hydrogen-bond donors (Lipinski definition) is 2. The zero-order chi connectivity index (χ0) is 18.2. The van der Waals surface area contributed by atoms with Gasteiger partial charge in [-0.1, -0.05) is 42.5 Å². The van der Waals surface area contributed by atoms with Crippen molar-refractivity contribution in [2.24, 2.45) is 0 Å². The Labute approximate surface area is 150 Å². The maximum atomic E-state index is 12.2. The van der Waals surface area contributed by atoms with Crippen LogP contribution in [0.2, 0.25) is 0 Å². The molecule has 3 aromatic rings. The van der Waals surface area contributed by atoms with E-state index in [9.17, 15) is 14.3 Å². The van der Waals surface area contributed by atoms with Gasteiger partial charge in [0.25, 0.3) is 0 Å². The number of hydrogen-bond acceptors (Lipinski definition) is 3. The minimum absolute atomic E-state index is 0.136. The molecule has 0 aliphatic heterocycles. The molecule has 25 heavy (non-hydrogen) atoms. The van der Waals surface area contributed by atoms with E-state index in [0.29, 0.717) is 0 Å². The first-order chi connectivity index (χ1) is 12.0. The Morgan fingerprint density at radius 1 is 1.04 bits per heavy atom. The number of thioether (sulfide) groups is 1. The summed E-state index contributed by atoms with van der Waals surface area (Å²) in [6, 6.07) is 19.9. The van der Waals surface area contributed by atoms with Crippen LogP contribution in [0.4, 0.5) is 4.39 Å². The molecule has 5 heteroatoms. The summed E-state index contributed by atoms with van der Waals surface area (Å²) in [7, 11) is 0. The predicted molar refractivity (Wildman–Crippen MR) is 99.5 cm³/mol. The van der Waals surface area contributed by atoms with Gasteiger partial charge in [0.05, 0.1) is 0 Å². The van der Waals surface area contributed by atoms with Crippen molar-refractivity contribution < 1.29 is 19.4 Å². The third-order valence-corrected chi connectivity index (χ3v) is 4.37. The van der Waals surface area contributed by atoms with E-state index < -0.39 is 12.1 Å². The van der Waals surface area contributed by atoms with Crippen molar-refractivity contribution in [1.82, 2.24) is 0 Å². The number of aliphatic hydroxyl groups is 1. The van der Waals surface area contributed by atoms with Gasteiger partial charge in [-0.25, -0.2) is 9.18 Å². The van der Waals surface area contributed by atoms with E-state index in [4.69, 9.17) is 5.11 Å². The van der Waals surface area contributed by atoms with Gasteiger partial charge in [0, 0.05) is 11.3 Å². The molecule has 130 valence electrons. The van der Waals surface area contributed by atoms with Crippen molar-refractivity contribution in [2.45, 2.75) is 17.4 Å². The molecule has 0 aliphatic rings. The molecule has 3 aromatic carbocycles. The fourth-order valence-electron chi connectivity index (χ4n) is 2.34. The molecule has 0 aliphatic carbocycles. The number of rotatable bonds is 4. The van der Waals surface area contributed by atoms with Gasteiger partial charge in [0.15, 0.2) is 6.10 Å². The summed E-state index contributed by atoms with van der Waals surface area (Å²) in [6.07, 6.45) is 0.759. The number of aliphatic hydroxyl groups excluding tert-OH is 1. The van der Waals surface area contributed by atoms with Crippen LogP contribution in [-0.2, 0) is 11.2 Å². The van der Waals surface area contributed by atoms with Crippen molar-refractivity contribution in [1.29, 1.82) is 0 Å². The Balaban J connectivity index is 0.000000212. The minimum Gasteiger partial charge on any atom is -0.479 e. The number of carboxylic acid groups (broad SMARTS) is 1. The van der Waals surface area contributed by atoms with Gasteiger partial charge in [-0.3, -0.25) is 0 Å². The van der Waals surface area contributed by atoms with Crippen LogP contribution in [0.15, 0.2) is 71.6 Å². The Morgan fingerprint density at radius 2 is 1.68 bits per heavy atom. The Bertz CT molecular complexity index is 828. The van der Waals surface area contributed by atoms with Gasteiger partial charge >= 0.3 is 5.97 Å². The largest absolute Gasteiger partial charge is 0.479 e. The van der Waals surface area contributed by atoms with Crippen molar-refractivity contribution in [2.75, 3.05) is 6.26 Å². The van der Waals surface area contributed by atoms with Gasteiger partial charge in [0.1, 0.15) is 5.82 Å². The zero-order valence-electron chi connectivity index (χ0n) is 13.7. The van der Waals surface area contributed by atoms with Crippen LogP contribution in [0.25, 0.3) is 10.8 Å². The highest BCUT2D eigenvalue weighted by Gasteiger charge is 2.14. The lowest BCUT2D eigenvalue weighted by Gasteiger charge is -2.08. The highest BCUT2D eigenvalue weighted by Crippen LogP contribution is 2.19. The van der Waals surface area contributed by atoms with Crippen LogP contribution in [0, 0.1) is 5.82 Å². The number of benzene rings is 3. The molecule has 0 amide bonds. The Kier molecular flexibility index (Phi) is 6.98. The molecule has 2 N–H and O–H groups in total. The number of halogens is 1. The molecular formula is C20H19FO3S. The van der Waals surface area contributed by atoms with E-state index in [-0.39, 0.29) is 12.2 Å². The molecule has 1 unspecified atom stereocenters. The Morgan fingerprint density at radius 3 is 2.32 bits per heavy atom. The van der Waals surface area contributed by atoms with E-state index in [2.05, 4.69) is 0 Å². The average Bonchev–Trinajstić information content (AvgIpc) is 2.63. The third kappa shape index (κ3) is 5.59. The van der Waals surface area contributed by atoms with Crippen LogP contribution in [-0.4, -0.2) is 28.5 Å². The quantitative estimate of drug-likeness (QED) is 0.680. The predicted octanol–water partition coefficient (Wildman–Crippen LogP) is 4.38. The normalized spacial score (nSPS) is 11.5. The van der Waals surface area contributed by atoms with Gasteiger partial charge in [-0.15, -0.1) is 11.8 Å². The molecule has 1 atom stereocenters. The fourth-order valence-corrected chi connectivity index (χ4v) is 2.75. The van der Waals surface area contributed by atoms with Crippen LogP contribution in [0.1, 0.15) is 5.56 Å². The average molecular weight is 358 g/mol.